The zero-order chi connectivity index (χ0) is 9.90. The maximum Gasteiger partial charge on any atom is 0.133 e. The maximum absolute atomic E-state index is 9.85. The molecule has 0 radical (unpaired) electrons. The lowest BCUT2D eigenvalue weighted by molar-refractivity contribution is 0.0814. The van der Waals surface area contributed by atoms with Crippen LogP contribution in [0.1, 0.15) is 5.69 Å². The first-order chi connectivity index (χ1) is 6.12. The summed E-state index contributed by atoms with van der Waals surface area (Å²) in [5.41, 5.74) is -0.746. The Kier molecular flexibility index (Phi) is 3.98. The van der Waals surface area contributed by atoms with E-state index in [1.165, 1.54) is 0 Å². The van der Waals surface area contributed by atoms with E-state index in [1.807, 2.05) is 0 Å². The van der Waals surface area contributed by atoms with E-state index in [0.717, 1.165) is 4.47 Å². The molecule has 0 saturated heterocycles. The zero-order valence-corrected chi connectivity index (χ0v) is 9.77. The number of halogens is 3. The molecule has 0 aliphatic carbocycles. The van der Waals surface area contributed by atoms with E-state index in [9.17, 15) is 5.11 Å². The molecule has 0 amide bonds. The molecule has 72 valence electrons. The van der Waals surface area contributed by atoms with Crippen molar-refractivity contribution in [3.63, 3.8) is 0 Å². The molecular weight excluding hydrogens is 277 g/mol. The Morgan fingerprint density at radius 3 is 2.38 bits per heavy atom. The van der Waals surface area contributed by atoms with Crippen molar-refractivity contribution >= 4 is 39.1 Å². The smallest absolute Gasteiger partial charge is 0.133 e. The fraction of sp³-hybridized carbons (Fsp3) is 0.375. The summed E-state index contributed by atoms with van der Waals surface area (Å²) in [4.78, 5) is 4.03. The molecule has 0 atom stereocenters. The van der Waals surface area contributed by atoms with Gasteiger partial charge in [-0.05, 0) is 28.1 Å². The minimum Gasteiger partial charge on any atom is -0.381 e. The van der Waals surface area contributed by atoms with Crippen LogP contribution in [0.2, 0.25) is 0 Å². The highest BCUT2D eigenvalue weighted by Gasteiger charge is 2.28. The Bertz CT molecular complexity index is 274. The SMILES string of the molecule is OC(CCl)(CCl)c1ccc(Br)cn1. The predicted molar refractivity (Wildman–Crippen MR) is 57.3 cm³/mol. The van der Waals surface area contributed by atoms with Crippen molar-refractivity contribution < 1.29 is 5.11 Å². The van der Waals surface area contributed by atoms with Gasteiger partial charge in [0, 0.05) is 10.7 Å². The van der Waals surface area contributed by atoms with Crippen molar-refractivity contribution in [3.05, 3.63) is 28.5 Å². The van der Waals surface area contributed by atoms with E-state index in [1.54, 1.807) is 18.3 Å². The summed E-state index contributed by atoms with van der Waals surface area (Å²) in [6, 6.07) is 3.47. The topological polar surface area (TPSA) is 33.1 Å². The Hall–Kier alpha value is 0.170. The molecule has 13 heavy (non-hydrogen) atoms. The van der Waals surface area contributed by atoms with Crippen LogP contribution in [-0.2, 0) is 5.60 Å². The number of hydrogen-bond donors (Lipinski definition) is 1. The van der Waals surface area contributed by atoms with Crippen LogP contribution < -0.4 is 0 Å². The van der Waals surface area contributed by atoms with Gasteiger partial charge in [0.2, 0.25) is 0 Å². The normalized spacial score (nSPS) is 11.7. The van der Waals surface area contributed by atoms with Gasteiger partial charge in [0.25, 0.3) is 0 Å². The number of nitrogens with zero attached hydrogens (tertiary/aromatic N) is 1. The zero-order valence-electron chi connectivity index (χ0n) is 6.67. The number of aliphatic hydroxyl groups is 1. The van der Waals surface area contributed by atoms with Gasteiger partial charge >= 0.3 is 0 Å². The van der Waals surface area contributed by atoms with Crippen LogP contribution in [0.5, 0.6) is 0 Å². The van der Waals surface area contributed by atoms with E-state index < -0.39 is 5.60 Å². The molecule has 0 saturated carbocycles. The lowest BCUT2D eigenvalue weighted by Crippen LogP contribution is -2.30. The van der Waals surface area contributed by atoms with Gasteiger partial charge in [-0.2, -0.15) is 0 Å². The number of alkyl halides is 2. The molecule has 0 fully saturated rings. The molecule has 1 N–H and O–H groups in total. The van der Waals surface area contributed by atoms with Gasteiger partial charge in [-0.15, -0.1) is 23.2 Å². The molecule has 5 heteroatoms. The van der Waals surface area contributed by atoms with E-state index in [4.69, 9.17) is 23.2 Å². The second kappa shape index (κ2) is 4.60. The number of hydrogen-bond acceptors (Lipinski definition) is 2. The summed E-state index contributed by atoms with van der Waals surface area (Å²) in [5, 5.41) is 9.85. The van der Waals surface area contributed by atoms with E-state index in [0.29, 0.717) is 5.69 Å². The minimum atomic E-state index is -1.23. The van der Waals surface area contributed by atoms with Gasteiger partial charge < -0.3 is 5.11 Å². The highest BCUT2D eigenvalue weighted by molar-refractivity contribution is 9.10. The first-order valence-electron chi connectivity index (χ1n) is 3.59. The molecule has 1 rings (SSSR count). The molecule has 1 aromatic heterocycles. The molecule has 0 aliphatic heterocycles. The standard InChI is InChI=1S/C8H8BrCl2NO/c9-6-1-2-7(12-3-6)8(13,4-10)5-11/h1-3,13H,4-5H2. The second-order valence-corrected chi connectivity index (χ2v) is 4.11. The van der Waals surface area contributed by atoms with Gasteiger partial charge in [0.1, 0.15) is 5.60 Å². The largest absolute Gasteiger partial charge is 0.381 e. The van der Waals surface area contributed by atoms with Gasteiger partial charge in [-0.3, -0.25) is 4.98 Å². The fourth-order valence-electron chi connectivity index (χ4n) is 0.824. The van der Waals surface area contributed by atoms with Crippen molar-refractivity contribution in [3.8, 4) is 0 Å². The van der Waals surface area contributed by atoms with Crippen molar-refractivity contribution in [1.29, 1.82) is 0 Å². The summed E-state index contributed by atoms with van der Waals surface area (Å²) in [6.45, 7) is 0. The van der Waals surface area contributed by atoms with Gasteiger partial charge in [0.15, 0.2) is 0 Å². The number of rotatable bonds is 3. The van der Waals surface area contributed by atoms with E-state index in [-0.39, 0.29) is 11.8 Å². The first kappa shape index (κ1) is 11.2. The highest BCUT2D eigenvalue weighted by Crippen LogP contribution is 2.23. The lowest BCUT2D eigenvalue weighted by atomic mass is 10.0. The molecule has 0 bridgehead atoms. The molecule has 0 unspecified atom stereocenters. The predicted octanol–water partition coefficient (Wildman–Crippen LogP) is 2.51. The van der Waals surface area contributed by atoms with Crippen LogP contribution >= 0.6 is 39.1 Å². The van der Waals surface area contributed by atoms with Crippen molar-refractivity contribution in [2.75, 3.05) is 11.8 Å². The average molecular weight is 285 g/mol. The van der Waals surface area contributed by atoms with Gasteiger partial charge in [-0.25, -0.2) is 0 Å². The summed E-state index contributed by atoms with van der Waals surface area (Å²) in [5.74, 6) is 0.0657. The Labute approximate surface area is 95.0 Å². The number of pyridine rings is 1. The third-order valence-corrected chi connectivity index (χ3v) is 3.00. The Balaban J connectivity index is 2.99. The van der Waals surface area contributed by atoms with Crippen LogP contribution in [0.15, 0.2) is 22.8 Å². The Morgan fingerprint density at radius 2 is 2.00 bits per heavy atom. The van der Waals surface area contributed by atoms with Gasteiger partial charge in [-0.1, -0.05) is 0 Å². The second-order valence-electron chi connectivity index (χ2n) is 2.66. The van der Waals surface area contributed by atoms with E-state index in [2.05, 4.69) is 20.9 Å². The average Bonchev–Trinajstić information content (AvgIpc) is 2.18. The van der Waals surface area contributed by atoms with Crippen LogP contribution in [0.4, 0.5) is 0 Å². The van der Waals surface area contributed by atoms with Crippen LogP contribution in [0.25, 0.3) is 0 Å². The molecule has 0 aromatic carbocycles. The molecule has 2 nitrogen and oxygen atoms in total. The summed E-state index contributed by atoms with van der Waals surface area (Å²) in [7, 11) is 0. The van der Waals surface area contributed by atoms with Crippen LogP contribution in [0.3, 0.4) is 0 Å². The van der Waals surface area contributed by atoms with E-state index >= 15 is 0 Å². The van der Waals surface area contributed by atoms with Crippen LogP contribution in [0, 0.1) is 0 Å². The fourth-order valence-corrected chi connectivity index (χ4v) is 1.62. The maximum atomic E-state index is 9.85. The van der Waals surface area contributed by atoms with Gasteiger partial charge in [0.05, 0.1) is 17.5 Å². The lowest BCUT2D eigenvalue weighted by Gasteiger charge is -2.21. The van der Waals surface area contributed by atoms with Crippen molar-refractivity contribution in [1.82, 2.24) is 4.98 Å². The third kappa shape index (κ3) is 2.56. The quantitative estimate of drug-likeness (QED) is 0.866. The molecule has 0 spiro atoms. The molecular formula is C8H8BrCl2NO. The number of aromatic nitrogens is 1. The van der Waals surface area contributed by atoms with Crippen molar-refractivity contribution in [2.24, 2.45) is 0 Å². The highest BCUT2D eigenvalue weighted by atomic mass is 79.9. The molecule has 0 aliphatic rings. The summed E-state index contributed by atoms with van der Waals surface area (Å²) in [6.07, 6.45) is 1.60. The third-order valence-electron chi connectivity index (χ3n) is 1.65. The van der Waals surface area contributed by atoms with Crippen molar-refractivity contribution in [2.45, 2.75) is 5.60 Å². The first-order valence-corrected chi connectivity index (χ1v) is 5.45. The molecule has 1 aromatic rings. The minimum absolute atomic E-state index is 0.0329. The molecule has 1 heterocycles. The van der Waals surface area contributed by atoms with Crippen LogP contribution in [-0.4, -0.2) is 21.9 Å². The summed E-state index contributed by atoms with van der Waals surface area (Å²) >= 11 is 14.4. The summed E-state index contributed by atoms with van der Waals surface area (Å²) < 4.78 is 0.850. The monoisotopic (exact) mass is 283 g/mol. The Morgan fingerprint density at radius 1 is 1.38 bits per heavy atom.